The molecule has 1 unspecified atom stereocenters. The summed E-state index contributed by atoms with van der Waals surface area (Å²) >= 11 is 0. The van der Waals surface area contributed by atoms with E-state index >= 15 is 0 Å². The van der Waals surface area contributed by atoms with Gasteiger partial charge in [-0.2, -0.15) is 9.98 Å². The lowest BCUT2D eigenvalue weighted by Crippen LogP contribution is -2.51. The maximum Gasteiger partial charge on any atom is 0.308 e. The summed E-state index contributed by atoms with van der Waals surface area (Å²) in [5.74, 6) is -0.933. The minimum atomic E-state index is -4.04. The number of amides is 1. The fourth-order valence-electron chi connectivity index (χ4n) is 4.48. The second-order valence-corrected chi connectivity index (χ2v) is 10.2. The Morgan fingerprint density at radius 2 is 2.00 bits per heavy atom. The van der Waals surface area contributed by atoms with Crippen LogP contribution in [0.1, 0.15) is 25.0 Å². The first kappa shape index (κ1) is 24.5. The van der Waals surface area contributed by atoms with Crippen molar-refractivity contribution in [1.29, 1.82) is 5.26 Å². The Morgan fingerprint density at radius 3 is 2.71 bits per heavy atom. The van der Waals surface area contributed by atoms with E-state index in [-0.39, 0.29) is 35.7 Å². The zero-order chi connectivity index (χ0) is 25.0. The molecule has 1 aliphatic heterocycles. The van der Waals surface area contributed by atoms with Crippen LogP contribution in [0.15, 0.2) is 53.7 Å². The molecule has 1 aromatic carbocycles. The number of fused-ring (bicyclic) bond motifs is 1. The van der Waals surface area contributed by atoms with Gasteiger partial charge in [-0.1, -0.05) is 6.07 Å². The summed E-state index contributed by atoms with van der Waals surface area (Å²) in [6, 6.07) is 11.0. The Hall–Kier alpha value is -3.62. The number of aromatic amines is 1. The maximum absolute atomic E-state index is 13.5. The molecule has 2 aromatic heterocycles. The molecule has 1 aliphatic rings. The van der Waals surface area contributed by atoms with E-state index in [1.807, 2.05) is 0 Å². The molecule has 2 N–H and O–H groups in total. The highest BCUT2D eigenvalue weighted by Gasteiger charge is 2.34. The molecule has 11 heteroatoms. The molecule has 3 aromatic rings. The highest BCUT2D eigenvalue weighted by Crippen LogP contribution is 2.24. The van der Waals surface area contributed by atoms with Crippen LogP contribution in [-0.4, -0.2) is 61.0 Å². The molecule has 1 atom stereocenters. The average molecular weight is 498 g/mol. The van der Waals surface area contributed by atoms with Gasteiger partial charge < -0.3 is 19.2 Å². The van der Waals surface area contributed by atoms with Gasteiger partial charge in [0.15, 0.2) is 0 Å². The fraction of sp³-hybridized carbons (Fsp3) is 0.375. The van der Waals surface area contributed by atoms with Gasteiger partial charge in [0.1, 0.15) is 17.8 Å². The monoisotopic (exact) mass is 497 g/mol. The number of carbonyl (C=O) groups excluding carboxylic acids is 2. The number of hydrogen-bond donors (Lipinski definition) is 2. The molecular weight excluding hydrogens is 470 g/mol. The predicted octanol–water partition coefficient (Wildman–Crippen LogP) is 1.99. The lowest BCUT2D eigenvalue weighted by molar-refractivity contribution is -0.149. The number of sulfonamides is 1. The molecule has 10 nitrogen and oxygen atoms in total. The molecule has 0 aliphatic carbocycles. The second kappa shape index (κ2) is 10.3. The van der Waals surface area contributed by atoms with Crippen molar-refractivity contribution >= 4 is 32.8 Å². The van der Waals surface area contributed by atoms with Crippen molar-refractivity contribution in [3.63, 3.8) is 0 Å². The second-order valence-electron chi connectivity index (χ2n) is 8.48. The number of methoxy groups -OCH3 is 1. The summed E-state index contributed by atoms with van der Waals surface area (Å²) in [4.78, 5) is 30.0. The molecule has 1 saturated heterocycles. The third-order valence-corrected chi connectivity index (χ3v) is 7.91. The number of rotatable bonds is 8. The van der Waals surface area contributed by atoms with Gasteiger partial charge in [0.2, 0.25) is 15.9 Å². The van der Waals surface area contributed by atoms with Crippen molar-refractivity contribution in [2.45, 2.75) is 36.7 Å². The molecule has 184 valence electrons. The first-order chi connectivity index (χ1) is 16.8. The quantitative estimate of drug-likeness (QED) is 0.457. The van der Waals surface area contributed by atoms with E-state index in [4.69, 9.17) is 4.74 Å². The van der Waals surface area contributed by atoms with Crippen LogP contribution < -0.4 is 4.72 Å². The van der Waals surface area contributed by atoms with E-state index in [1.54, 1.807) is 52.2 Å². The third-order valence-electron chi connectivity index (χ3n) is 6.38. The lowest BCUT2D eigenvalue weighted by Gasteiger charge is -2.33. The maximum atomic E-state index is 13.5. The van der Waals surface area contributed by atoms with E-state index in [0.29, 0.717) is 42.5 Å². The van der Waals surface area contributed by atoms with Gasteiger partial charge in [-0.25, -0.2) is 8.42 Å². The van der Waals surface area contributed by atoms with E-state index in [9.17, 15) is 23.3 Å². The molecule has 0 bridgehead atoms. The number of aromatic nitrogens is 2. The number of likely N-dealkylation sites (tertiary alicyclic amines) is 1. The fourth-order valence-corrected chi connectivity index (χ4v) is 5.92. The van der Waals surface area contributed by atoms with E-state index in [1.165, 1.54) is 13.2 Å². The molecule has 0 saturated carbocycles. The predicted molar refractivity (Wildman–Crippen MR) is 127 cm³/mol. The Morgan fingerprint density at radius 1 is 1.23 bits per heavy atom. The zero-order valence-corrected chi connectivity index (χ0v) is 20.1. The third kappa shape index (κ3) is 5.23. The first-order valence-corrected chi connectivity index (χ1v) is 12.8. The van der Waals surface area contributed by atoms with E-state index in [2.05, 4.69) is 15.8 Å². The molecule has 3 heterocycles. The van der Waals surface area contributed by atoms with Crippen LogP contribution in [0, 0.1) is 17.2 Å². The summed E-state index contributed by atoms with van der Waals surface area (Å²) in [6.07, 6.45) is 4.44. The van der Waals surface area contributed by atoms with Gasteiger partial charge in [-0.15, -0.1) is 0 Å². The lowest BCUT2D eigenvalue weighted by atomic mass is 9.96. The Labute approximate surface area is 203 Å². The first-order valence-electron chi connectivity index (χ1n) is 11.3. The number of carbonyl (C=O) groups is 2. The number of hydrogen-bond acceptors (Lipinski definition) is 6. The van der Waals surface area contributed by atoms with Crippen LogP contribution in [0.5, 0.6) is 0 Å². The molecule has 0 radical (unpaired) electrons. The summed E-state index contributed by atoms with van der Waals surface area (Å²) in [5.41, 5.74) is 1.10. The standard InChI is InChI=1S/C24H27N5O5S/c1-34-24(31)17-8-13-29(14-9-17)23(30)21(10-15-28-12-3-4-18(28)16-25)27-35(32,33)22-6-2-5-20-19(22)7-11-26-20/h2-7,11-12,17,21,26-27H,8-10,13-15H2,1H3. The average Bonchev–Trinajstić information content (AvgIpc) is 3.54. The number of benzene rings is 1. The van der Waals surface area contributed by atoms with Crippen molar-refractivity contribution in [3.05, 3.63) is 54.5 Å². The SMILES string of the molecule is COC(=O)C1CCN(C(=O)C(CCn2cccc2C#N)NS(=O)(=O)c2cccc3[nH]ccc23)CC1. The molecule has 1 fully saturated rings. The van der Waals surface area contributed by atoms with Crippen LogP contribution in [-0.2, 0) is 30.9 Å². The number of aryl methyl sites for hydroxylation is 1. The normalized spacial score (nSPS) is 15.6. The van der Waals surface area contributed by atoms with Crippen LogP contribution in [0.3, 0.4) is 0 Å². The van der Waals surface area contributed by atoms with Crippen molar-refractivity contribution < 1.29 is 22.7 Å². The van der Waals surface area contributed by atoms with Crippen LogP contribution in [0.25, 0.3) is 10.9 Å². The molecule has 0 spiro atoms. The molecule has 1 amide bonds. The Balaban J connectivity index is 1.56. The van der Waals surface area contributed by atoms with Crippen LogP contribution >= 0.6 is 0 Å². The summed E-state index contributed by atoms with van der Waals surface area (Å²) in [7, 11) is -2.70. The summed E-state index contributed by atoms with van der Waals surface area (Å²) < 4.78 is 35.9. The number of esters is 1. The molecule has 4 rings (SSSR count). The van der Waals surface area contributed by atoms with Crippen molar-refractivity contribution in [2.75, 3.05) is 20.2 Å². The largest absolute Gasteiger partial charge is 0.469 e. The Bertz CT molecular complexity index is 1360. The summed E-state index contributed by atoms with van der Waals surface area (Å²) in [5, 5.41) is 9.82. The zero-order valence-electron chi connectivity index (χ0n) is 19.3. The Kier molecular flexibility index (Phi) is 7.23. The van der Waals surface area contributed by atoms with Crippen molar-refractivity contribution in [3.8, 4) is 6.07 Å². The van der Waals surface area contributed by atoms with Gasteiger partial charge in [0.05, 0.1) is 17.9 Å². The van der Waals surface area contributed by atoms with Crippen LogP contribution in [0.2, 0.25) is 0 Å². The number of piperidine rings is 1. The number of H-pyrrole nitrogens is 1. The minimum Gasteiger partial charge on any atom is -0.469 e. The number of nitrogens with one attached hydrogen (secondary N) is 2. The number of nitriles is 1. The molecular formula is C24H27N5O5S. The highest BCUT2D eigenvalue weighted by molar-refractivity contribution is 7.89. The minimum absolute atomic E-state index is 0.0807. The van der Waals surface area contributed by atoms with Gasteiger partial charge in [0.25, 0.3) is 0 Å². The number of nitrogens with zero attached hydrogens (tertiary/aromatic N) is 3. The van der Waals surface area contributed by atoms with Crippen LogP contribution in [0.4, 0.5) is 0 Å². The smallest absolute Gasteiger partial charge is 0.308 e. The van der Waals surface area contributed by atoms with Crippen molar-refractivity contribution in [2.24, 2.45) is 5.92 Å². The highest BCUT2D eigenvalue weighted by atomic mass is 32.2. The number of ether oxygens (including phenoxy) is 1. The van der Waals surface area contributed by atoms with Gasteiger partial charge in [-0.3, -0.25) is 9.59 Å². The van der Waals surface area contributed by atoms with E-state index < -0.39 is 16.1 Å². The summed E-state index contributed by atoms with van der Waals surface area (Å²) in [6.45, 7) is 0.941. The van der Waals surface area contributed by atoms with Crippen molar-refractivity contribution in [1.82, 2.24) is 19.2 Å². The van der Waals surface area contributed by atoms with Gasteiger partial charge in [0, 0.05) is 42.9 Å². The van der Waals surface area contributed by atoms with Gasteiger partial charge >= 0.3 is 5.97 Å². The van der Waals surface area contributed by atoms with Gasteiger partial charge in [-0.05, 0) is 49.6 Å². The van der Waals surface area contributed by atoms with E-state index in [0.717, 1.165) is 0 Å². The molecule has 35 heavy (non-hydrogen) atoms. The topological polar surface area (TPSA) is 137 Å².